The summed E-state index contributed by atoms with van der Waals surface area (Å²) in [6, 6.07) is 13.0. The van der Waals surface area contributed by atoms with Crippen molar-refractivity contribution in [2.75, 3.05) is 45.9 Å². The normalized spacial score (nSPS) is 17.1. The zero-order valence-corrected chi connectivity index (χ0v) is 14.2. The quantitative estimate of drug-likeness (QED) is 0.829. The number of β-amino-alcohol motifs (C(OH)–C–C–N with tert-alkyl or cyclic N) is 1. The number of nitriles is 1. The Balaban J connectivity index is 1.37. The summed E-state index contributed by atoms with van der Waals surface area (Å²) in [6.07, 6.45) is 1.01. The number of nitrogens with zero attached hydrogens (tertiary/aromatic N) is 3. The van der Waals surface area contributed by atoms with Crippen LogP contribution < -0.4 is 4.74 Å². The molecular formula is C19H23N3O3. The van der Waals surface area contributed by atoms with Gasteiger partial charge in [0.2, 0.25) is 0 Å². The monoisotopic (exact) mass is 341 g/mol. The van der Waals surface area contributed by atoms with Gasteiger partial charge in [-0.2, -0.15) is 5.26 Å². The molecule has 2 aromatic rings. The van der Waals surface area contributed by atoms with Crippen molar-refractivity contribution in [3.05, 3.63) is 54.0 Å². The summed E-state index contributed by atoms with van der Waals surface area (Å²) in [5, 5.41) is 19.2. The number of ether oxygens (including phenoxy) is 1. The third-order valence-corrected chi connectivity index (χ3v) is 4.44. The first-order valence-electron chi connectivity index (χ1n) is 8.54. The number of piperazine rings is 1. The van der Waals surface area contributed by atoms with Gasteiger partial charge in [-0.05, 0) is 24.3 Å². The van der Waals surface area contributed by atoms with Crippen molar-refractivity contribution in [2.24, 2.45) is 0 Å². The molecule has 6 nitrogen and oxygen atoms in total. The zero-order valence-electron chi connectivity index (χ0n) is 14.2. The maximum absolute atomic E-state index is 10.1. The average molecular weight is 341 g/mol. The molecular weight excluding hydrogens is 318 g/mol. The predicted molar refractivity (Wildman–Crippen MR) is 93.2 cm³/mol. The van der Waals surface area contributed by atoms with Crippen LogP contribution >= 0.6 is 0 Å². The van der Waals surface area contributed by atoms with Crippen molar-refractivity contribution in [2.45, 2.75) is 6.10 Å². The summed E-state index contributed by atoms with van der Waals surface area (Å²) >= 11 is 0. The van der Waals surface area contributed by atoms with Crippen LogP contribution in [0, 0.1) is 11.3 Å². The van der Waals surface area contributed by atoms with E-state index in [0.29, 0.717) is 30.2 Å². The van der Waals surface area contributed by atoms with Crippen LogP contribution in [-0.2, 0) is 0 Å². The number of hydrogen-bond acceptors (Lipinski definition) is 6. The van der Waals surface area contributed by atoms with Gasteiger partial charge >= 0.3 is 0 Å². The first-order chi connectivity index (χ1) is 12.3. The Morgan fingerprint density at radius 1 is 1.12 bits per heavy atom. The summed E-state index contributed by atoms with van der Waals surface area (Å²) in [6.45, 7) is 5.68. The van der Waals surface area contributed by atoms with E-state index in [4.69, 9.17) is 14.4 Å². The van der Waals surface area contributed by atoms with E-state index in [1.54, 1.807) is 24.5 Å². The van der Waals surface area contributed by atoms with E-state index in [2.05, 4.69) is 15.9 Å². The molecule has 0 spiro atoms. The summed E-state index contributed by atoms with van der Waals surface area (Å²) in [5.41, 5.74) is 0.569. The average Bonchev–Trinajstić information content (AvgIpc) is 3.18. The van der Waals surface area contributed by atoms with Gasteiger partial charge < -0.3 is 14.3 Å². The lowest BCUT2D eigenvalue weighted by atomic mass is 10.2. The third kappa shape index (κ3) is 4.83. The Hall–Kier alpha value is -2.33. The van der Waals surface area contributed by atoms with Crippen molar-refractivity contribution in [1.82, 2.24) is 9.80 Å². The molecule has 1 aromatic carbocycles. The molecule has 0 amide bonds. The molecule has 0 bridgehead atoms. The van der Waals surface area contributed by atoms with Crippen LogP contribution in [-0.4, -0.2) is 60.8 Å². The van der Waals surface area contributed by atoms with Gasteiger partial charge in [0.25, 0.3) is 0 Å². The second-order valence-electron chi connectivity index (χ2n) is 6.13. The Bertz CT molecular complexity index is 688. The van der Waals surface area contributed by atoms with E-state index < -0.39 is 6.10 Å². The number of rotatable bonds is 7. The number of para-hydroxylation sites is 1. The maximum atomic E-state index is 10.1. The molecule has 1 fully saturated rings. The Morgan fingerprint density at radius 3 is 2.60 bits per heavy atom. The fraction of sp³-hybridized carbons (Fsp3) is 0.421. The summed E-state index contributed by atoms with van der Waals surface area (Å²) in [5.74, 6) is 1.26. The smallest absolute Gasteiger partial charge is 0.137 e. The fourth-order valence-electron chi connectivity index (χ4n) is 2.98. The number of hydrogen-bond donors (Lipinski definition) is 1. The fourth-order valence-corrected chi connectivity index (χ4v) is 2.98. The van der Waals surface area contributed by atoms with Crippen LogP contribution in [0.5, 0.6) is 5.75 Å². The van der Waals surface area contributed by atoms with Crippen molar-refractivity contribution in [3.63, 3.8) is 0 Å². The molecule has 3 rings (SSSR count). The molecule has 1 saturated heterocycles. The minimum atomic E-state index is -0.577. The van der Waals surface area contributed by atoms with Gasteiger partial charge in [-0.3, -0.25) is 9.80 Å². The van der Waals surface area contributed by atoms with Gasteiger partial charge in [0.1, 0.15) is 30.3 Å². The van der Waals surface area contributed by atoms with Crippen molar-refractivity contribution in [1.29, 1.82) is 5.26 Å². The van der Waals surface area contributed by atoms with Gasteiger partial charge in [0.15, 0.2) is 0 Å². The standard InChI is InChI=1S/C19H23N3O3/c20-14-16-4-1-2-5-18(16)25-13-11-21-7-9-22(10-8-21)15-17(23)19-6-3-12-24-19/h1-6,12,17,23H,7-11,13,15H2/t17-/m0/s1. The van der Waals surface area contributed by atoms with E-state index in [1.165, 1.54) is 0 Å². The molecule has 25 heavy (non-hydrogen) atoms. The molecule has 132 valence electrons. The Labute approximate surface area is 147 Å². The number of aliphatic hydroxyl groups excluding tert-OH is 1. The van der Waals surface area contributed by atoms with Crippen LogP contribution in [0.2, 0.25) is 0 Å². The summed E-state index contributed by atoms with van der Waals surface area (Å²) in [7, 11) is 0. The van der Waals surface area contributed by atoms with Gasteiger partial charge in [-0.25, -0.2) is 0 Å². The summed E-state index contributed by atoms with van der Waals surface area (Å²) in [4.78, 5) is 4.58. The second-order valence-corrected chi connectivity index (χ2v) is 6.13. The lowest BCUT2D eigenvalue weighted by Gasteiger charge is -2.35. The van der Waals surface area contributed by atoms with E-state index >= 15 is 0 Å². The number of benzene rings is 1. The SMILES string of the molecule is N#Cc1ccccc1OCCN1CCN(C[C@H](O)c2ccco2)CC1. The summed E-state index contributed by atoms with van der Waals surface area (Å²) < 4.78 is 11.0. The van der Waals surface area contributed by atoms with Crippen LogP contribution in [0.15, 0.2) is 47.1 Å². The molecule has 0 radical (unpaired) electrons. The zero-order chi connectivity index (χ0) is 17.5. The molecule has 1 aliphatic heterocycles. The lowest BCUT2D eigenvalue weighted by molar-refractivity contribution is 0.0580. The Kier molecular flexibility index (Phi) is 6.07. The van der Waals surface area contributed by atoms with E-state index in [1.807, 2.05) is 18.2 Å². The third-order valence-electron chi connectivity index (χ3n) is 4.44. The highest BCUT2D eigenvalue weighted by Crippen LogP contribution is 2.17. The highest BCUT2D eigenvalue weighted by molar-refractivity contribution is 5.42. The largest absolute Gasteiger partial charge is 0.491 e. The van der Waals surface area contributed by atoms with Crippen molar-refractivity contribution >= 4 is 0 Å². The molecule has 6 heteroatoms. The number of aliphatic hydroxyl groups is 1. The molecule has 1 aromatic heterocycles. The van der Waals surface area contributed by atoms with Gasteiger partial charge in [-0.1, -0.05) is 12.1 Å². The molecule has 1 atom stereocenters. The van der Waals surface area contributed by atoms with E-state index in [0.717, 1.165) is 32.7 Å². The minimum absolute atomic E-state index is 0.563. The molecule has 2 heterocycles. The van der Waals surface area contributed by atoms with Crippen molar-refractivity contribution < 1.29 is 14.3 Å². The molecule has 0 saturated carbocycles. The molecule has 0 aliphatic carbocycles. The Morgan fingerprint density at radius 2 is 1.88 bits per heavy atom. The van der Waals surface area contributed by atoms with Gasteiger partial charge in [-0.15, -0.1) is 0 Å². The van der Waals surface area contributed by atoms with Crippen LogP contribution in [0.4, 0.5) is 0 Å². The highest BCUT2D eigenvalue weighted by Gasteiger charge is 2.21. The van der Waals surface area contributed by atoms with E-state index in [9.17, 15) is 5.11 Å². The van der Waals surface area contributed by atoms with Crippen LogP contribution in [0.1, 0.15) is 17.4 Å². The predicted octanol–water partition coefficient (Wildman–Crippen LogP) is 1.88. The second kappa shape index (κ2) is 8.67. The van der Waals surface area contributed by atoms with Gasteiger partial charge in [0, 0.05) is 39.3 Å². The van der Waals surface area contributed by atoms with Crippen LogP contribution in [0.3, 0.4) is 0 Å². The first kappa shape index (κ1) is 17.5. The van der Waals surface area contributed by atoms with E-state index in [-0.39, 0.29) is 0 Å². The molecule has 0 unspecified atom stereocenters. The van der Waals surface area contributed by atoms with Crippen LogP contribution in [0.25, 0.3) is 0 Å². The van der Waals surface area contributed by atoms with Gasteiger partial charge in [0.05, 0.1) is 11.8 Å². The maximum Gasteiger partial charge on any atom is 0.137 e. The number of furan rings is 1. The lowest BCUT2D eigenvalue weighted by Crippen LogP contribution is -2.48. The molecule has 1 N–H and O–H groups in total. The topological polar surface area (TPSA) is 72.9 Å². The minimum Gasteiger partial charge on any atom is -0.491 e. The first-order valence-corrected chi connectivity index (χ1v) is 8.54. The molecule has 1 aliphatic rings. The van der Waals surface area contributed by atoms with Crippen molar-refractivity contribution in [3.8, 4) is 11.8 Å². The highest BCUT2D eigenvalue weighted by atomic mass is 16.5.